The Morgan fingerprint density at radius 2 is 1.66 bits per heavy atom. The molecular weight excluding hydrogens is 424 g/mol. The van der Waals surface area contributed by atoms with Gasteiger partial charge in [-0.05, 0) is 48.0 Å². The molecule has 0 aliphatic carbocycles. The van der Waals surface area contributed by atoms with Gasteiger partial charge in [-0.25, -0.2) is 0 Å². The van der Waals surface area contributed by atoms with Crippen LogP contribution in [0.5, 0.6) is 11.5 Å². The second-order valence-corrected chi connectivity index (χ2v) is 8.79. The highest BCUT2D eigenvalue weighted by Gasteiger charge is 2.60. The lowest BCUT2D eigenvalue weighted by molar-refractivity contribution is -0.123. The van der Waals surface area contributed by atoms with Crippen LogP contribution in [0.2, 0.25) is 0 Å². The number of hydrogen-bond donors (Lipinski definition) is 0. The van der Waals surface area contributed by atoms with Crippen molar-refractivity contribution in [3.8, 4) is 11.5 Å². The van der Waals surface area contributed by atoms with Gasteiger partial charge in [0, 0.05) is 11.3 Å². The molecule has 7 heteroatoms. The van der Waals surface area contributed by atoms with E-state index in [9.17, 15) is 9.59 Å². The molecule has 0 N–H and O–H groups in total. The first-order valence-corrected chi connectivity index (χ1v) is 11.2. The van der Waals surface area contributed by atoms with Crippen LogP contribution in [0.15, 0.2) is 72.8 Å². The number of nitrogens with zero attached hydrogens (tertiary/aromatic N) is 2. The molecule has 1 fully saturated rings. The highest BCUT2D eigenvalue weighted by atomic mass is 32.2. The van der Waals surface area contributed by atoms with Crippen molar-refractivity contribution in [3.63, 3.8) is 0 Å². The summed E-state index contributed by atoms with van der Waals surface area (Å²) in [5, 5.41) is 0. The van der Waals surface area contributed by atoms with Crippen molar-refractivity contribution in [2.24, 2.45) is 0 Å². The maximum absolute atomic E-state index is 14.1. The third kappa shape index (κ3) is 3.04. The Morgan fingerprint density at radius 3 is 2.41 bits per heavy atom. The number of benzene rings is 3. The molecule has 32 heavy (non-hydrogen) atoms. The van der Waals surface area contributed by atoms with Crippen molar-refractivity contribution in [1.29, 1.82) is 0 Å². The standard InChI is InChI=1S/C25H22N2O4S/c1-30-19-12-10-18(11-13-19)27-23(28)16-32-25(27)21-8-3-4-9-22(21)26(24(25)29)15-17-6-5-7-20(14-17)31-2/h3-14H,15-16H2,1-2H3. The quantitative estimate of drug-likeness (QED) is 0.588. The van der Waals surface area contributed by atoms with Gasteiger partial charge in [-0.1, -0.05) is 30.3 Å². The predicted molar refractivity (Wildman–Crippen MR) is 125 cm³/mol. The first-order chi connectivity index (χ1) is 15.6. The van der Waals surface area contributed by atoms with Crippen molar-refractivity contribution in [2.45, 2.75) is 11.4 Å². The number of methoxy groups -OCH3 is 2. The summed E-state index contributed by atoms with van der Waals surface area (Å²) in [5.41, 5.74) is 3.28. The second-order valence-electron chi connectivity index (χ2n) is 7.62. The van der Waals surface area contributed by atoms with Crippen LogP contribution in [0.1, 0.15) is 11.1 Å². The minimum absolute atomic E-state index is 0.0912. The van der Waals surface area contributed by atoms with E-state index < -0.39 is 4.87 Å². The summed E-state index contributed by atoms with van der Waals surface area (Å²) in [5.74, 6) is 1.46. The largest absolute Gasteiger partial charge is 0.497 e. The van der Waals surface area contributed by atoms with Gasteiger partial charge in [0.05, 0.1) is 32.2 Å². The molecule has 6 nitrogen and oxygen atoms in total. The van der Waals surface area contributed by atoms with E-state index >= 15 is 0 Å². The van der Waals surface area contributed by atoms with Crippen molar-refractivity contribution in [1.82, 2.24) is 0 Å². The van der Waals surface area contributed by atoms with Gasteiger partial charge >= 0.3 is 0 Å². The Bertz CT molecular complexity index is 1200. The topological polar surface area (TPSA) is 59.1 Å². The number of thioether (sulfide) groups is 1. The summed E-state index contributed by atoms with van der Waals surface area (Å²) in [4.78, 5) is 29.4. The Labute approximate surface area is 190 Å². The fourth-order valence-electron chi connectivity index (χ4n) is 4.40. The monoisotopic (exact) mass is 446 g/mol. The number of ether oxygens (including phenoxy) is 2. The van der Waals surface area contributed by atoms with Gasteiger partial charge in [-0.2, -0.15) is 0 Å². The Kier molecular flexibility index (Phi) is 5.06. The lowest BCUT2D eigenvalue weighted by Gasteiger charge is -2.33. The van der Waals surface area contributed by atoms with E-state index in [0.29, 0.717) is 18.0 Å². The highest BCUT2D eigenvalue weighted by Crippen LogP contribution is 2.56. The molecule has 162 valence electrons. The first-order valence-electron chi connectivity index (χ1n) is 10.2. The van der Waals surface area contributed by atoms with E-state index in [4.69, 9.17) is 9.47 Å². The fourth-order valence-corrected chi connectivity index (χ4v) is 5.76. The second kappa shape index (κ2) is 7.91. The Hall–Kier alpha value is -3.45. The zero-order chi connectivity index (χ0) is 22.3. The van der Waals surface area contributed by atoms with Crippen LogP contribution in [-0.4, -0.2) is 31.8 Å². The molecule has 2 aliphatic heterocycles. The van der Waals surface area contributed by atoms with Crippen LogP contribution in [0.3, 0.4) is 0 Å². The van der Waals surface area contributed by atoms with Gasteiger partial charge in [0.25, 0.3) is 5.91 Å². The number of hydrogen-bond acceptors (Lipinski definition) is 5. The third-order valence-corrected chi connectivity index (χ3v) is 7.26. The third-order valence-electron chi connectivity index (χ3n) is 5.87. The van der Waals surface area contributed by atoms with Crippen molar-refractivity contribution < 1.29 is 19.1 Å². The number of para-hydroxylation sites is 1. The SMILES string of the molecule is COc1ccc(N2C(=O)CSC23C(=O)N(Cc2cccc(OC)c2)c2ccccc23)cc1. The molecule has 3 aromatic carbocycles. The van der Waals surface area contributed by atoms with Gasteiger partial charge in [-0.15, -0.1) is 11.8 Å². The minimum Gasteiger partial charge on any atom is -0.497 e. The summed E-state index contributed by atoms with van der Waals surface area (Å²) in [6, 6.07) is 22.7. The zero-order valence-corrected chi connectivity index (χ0v) is 18.6. The van der Waals surface area contributed by atoms with Crippen LogP contribution < -0.4 is 19.3 Å². The lowest BCUT2D eigenvalue weighted by Crippen LogP contribution is -2.49. The average molecular weight is 447 g/mol. The molecule has 5 rings (SSSR count). The average Bonchev–Trinajstić information content (AvgIpc) is 3.30. The molecule has 3 aromatic rings. The van der Waals surface area contributed by atoms with E-state index in [1.807, 2.05) is 60.7 Å². The molecule has 1 spiro atoms. The summed E-state index contributed by atoms with van der Waals surface area (Å²) < 4.78 is 10.6. The smallest absolute Gasteiger partial charge is 0.269 e. The molecule has 0 saturated carbocycles. The molecule has 2 heterocycles. The number of amides is 2. The molecule has 0 bridgehead atoms. The predicted octanol–water partition coefficient (Wildman–Crippen LogP) is 4.18. The van der Waals surface area contributed by atoms with Crippen LogP contribution in [-0.2, 0) is 21.0 Å². The Morgan fingerprint density at radius 1 is 0.906 bits per heavy atom. The molecule has 2 aliphatic rings. The number of rotatable bonds is 5. The number of carbonyl (C=O) groups excluding carboxylic acids is 2. The first kappa shape index (κ1) is 20.5. The lowest BCUT2D eigenvalue weighted by atomic mass is 10.0. The molecule has 1 saturated heterocycles. The van der Waals surface area contributed by atoms with E-state index in [0.717, 1.165) is 22.6 Å². The van der Waals surface area contributed by atoms with Crippen LogP contribution in [0.25, 0.3) is 0 Å². The molecule has 1 atom stereocenters. The van der Waals surface area contributed by atoms with E-state index in [2.05, 4.69) is 0 Å². The minimum atomic E-state index is -1.12. The van der Waals surface area contributed by atoms with Crippen molar-refractivity contribution in [2.75, 3.05) is 29.8 Å². The number of carbonyl (C=O) groups is 2. The highest BCUT2D eigenvalue weighted by molar-refractivity contribution is 8.02. The van der Waals surface area contributed by atoms with Gasteiger partial charge in [0.15, 0.2) is 0 Å². The van der Waals surface area contributed by atoms with E-state index in [1.165, 1.54) is 11.8 Å². The van der Waals surface area contributed by atoms with Crippen LogP contribution in [0, 0.1) is 0 Å². The maximum atomic E-state index is 14.1. The van der Waals surface area contributed by atoms with Gasteiger partial charge in [0.1, 0.15) is 11.5 Å². The van der Waals surface area contributed by atoms with Crippen molar-refractivity contribution >= 4 is 35.0 Å². The van der Waals surface area contributed by atoms with Crippen LogP contribution >= 0.6 is 11.8 Å². The number of fused-ring (bicyclic) bond motifs is 2. The van der Waals surface area contributed by atoms with Gasteiger partial charge < -0.3 is 14.4 Å². The summed E-state index contributed by atoms with van der Waals surface area (Å²) in [6.07, 6.45) is 0. The van der Waals surface area contributed by atoms with Crippen LogP contribution in [0.4, 0.5) is 11.4 Å². The van der Waals surface area contributed by atoms with Gasteiger partial charge in [0.2, 0.25) is 10.8 Å². The summed E-state index contributed by atoms with van der Waals surface area (Å²) in [6.45, 7) is 0.389. The molecule has 0 radical (unpaired) electrons. The maximum Gasteiger partial charge on any atom is 0.269 e. The summed E-state index contributed by atoms with van der Waals surface area (Å²) in [7, 11) is 3.22. The molecular formula is C25H22N2O4S. The molecule has 1 unspecified atom stereocenters. The van der Waals surface area contributed by atoms with E-state index in [-0.39, 0.29) is 17.6 Å². The van der Waals surface area contributed by atoms with Gasteiger partial charge in [-0.3, -0.25) is 14.5 Å². The van der Waals surface area contributed by atoms with Crippen molar-refractivity contribution in [3.05, 3.63) is 83.9 Å². The zero-order valence-electron chi connectivity index (χ0n) is 17.8. The molecule has 2 amide bonds. The summed E-state index contributed by atoms with van der Waals surface area (Å²) >= 11 is 1.38. The Balaban J connectivity index is 1.60. The van der Waals surface area contributed by atoms with E-state index in [1.54, 1.807) is 36.2 Å². The molecule has 0 aromatic heterocycles. The fraction of sp³-hybridized carbons (Fsp3) is 0.200. The normalized spacial score (nSPS) is 19.6. The number of anilines is 2.